The largest absolute Gasteiger partial charge is 0.450 e. The number of hydrogen-bond acceptors (Lipinski definition) is 1. The van der Waals surface area contributed by atoms with E-state index in [0.717, 1.165) is 32.1 Å². The fraction of sp³-hybridized carbons (Fsp3) is 0.538. The van der Waals surface area contributed by atoms with E-state index < -0.39 is 17.5 Å². The summed E-state index contributed by atoms with van der Waals surface area (Å²) in [5.74, 6) is -1.57. The van der Waals surface area contributed by atoms with Gasteiger partial charge in [-0.3, -0.25) is 0 Å². The van der Waals surface area contributed by atoms with Crippen molar-refractivity contribution in [2.24, 2.45) is 5.92 Å². The van der Waals surface area contributed by atoms with Crippen LogP contribution in [0.1, 0.15) is 93.4 Å². The van der Waals surface area contributed by atoms with Crippen molar-refractivity contribution in [3.05, 3.63) is 57.9 Å². The van der Waals surface area contributed by atoms with Gasteiger partial charge in [0.05, 0.1) is 0 Å². The fourth-order valence-electron chi connectivity index (χ4n) is 5.13. The van der Waals surface area contributed by atoms with Crippen molar-refractivity contribution in [2.45, 2.75) is 84.0 Å². The molecule has 0 unspecified atom stereocenters. The molecule has 1 aliphatic heterocycles. The maximum atomic E-state index is 15.0. The third kappa shape index (κ3) is 3.98. The molecule has 4 rings (SSSR count). The Labute approximate surface area is 177 Å². The van der Waals surface area contributed by atoms with E-state index in [1.54, 1.807) is 12.1 Å². The second-order valence-electron chi connectivity index (χ2n) is 9.00. The lowest BCUT2D eigenvalue weighted by Crippen LogP contribution is -2.17. The van der Waals surface area contributed by atoms with Crippen LogP contribution < -0.4 is 4.74 Å². The summed E-state index contributed by atoms with van der Waals surface area (Å²) in [6, 6.07) is 5.40. The molecule has 30 heavy (non-hydrogen) atoms. The molecule has 2 aromatic rings. The van der Waals surface area contributed by atoms with Crippen molar-refractivity contribution >= 4 is 0 Å². The van der Waals surface area contributed by atoms with Gasteiger partial charge in [0.15, 0.2) is 23.1 Å². The summed E-state index contributed by atoms with van der Waals surface area (Å²) >= 11 is 0. The predicted octanol–water partition coefficient (Wildman–Crippen LogP) is 8.22. The molecule has 1 aliphatic carbocycles. The van der Waals surface area contributed by atoms with E-state index in [1.165, 1.54) is 19.3 Å². The Morgan fingerprint density at radius 1 is 0.867 bits per heavy atom. The average molecular weight is 417 g/mol. The van der Waals surface area contributed by atoms with Crippen LogP contribution >= 0.6 is 0 Å². The van der Waals surface area contributed by atoms with Crippen LogP contribution in [-0.2, 0) is 12.8 Å². The predicted molar refractivity (Wildman–Crippen MR) is 114 cm³/mol. The minimum atomic E-state index is -0.971. The van der Waals surface area contributed by atoms with Crippen molar-refractivity contribution in [3.8, 4) is 11.5 Å². The number of hydrogen-bond donors (Lipinski definition) is 0. The number of fused-ring (bicyclic) bond motifs is 2. The third-order valence-electron chi connectivity index (χ3n) is 6.88. The van der Waals surface area contributed by atoms with Crippen LogP contribution in [0, 0.1) is 23.4 Å². The molecule has 0 radical (unpaired) electrons. The molecule has 4 heteroatoms. The van der Waals surface area contributed by atoms with Gasteiger partial charge in [0.25, 0.3) is 0 Å². The Morgan fingerprint density at radius 2 is 1.60 bits per heavy atom. The van der Waals surface area contributed by atoms with Gasteiger partial charge in [-0.2, -0.15) is 4.39 Å². The molecular weight excluding hydrogens is 385 g/mol. The van der Waals surface area contributed by atoms with Gasteiger partial charge in [0.1, 0.15) is 0 Å². The van der Waals surface area contributed by atoms with Crippen molar-refractivity contribution in [2.75, 3.05) is 0 Å². The van der Waals surface area contributed by atoms with E-state index in [1.807, 2.05) is 13.0 Å². The van der Waals surface area contributed by atoms with Crippen molar-refractivity contribution < 1.29 is 17.9 Å². The van der Waals surface area contributed by atoms with Gasteiger partial charge in [-0.05, 0) is 61.1 Å². The van der Waals surface area contributed by atoms with E-state index in [9.17, 15) is 8.78 Å². The zero-order valence-corrected chi connectivity index (χ0v) is 18.0. The normalized spacial score (nSPS) is 20.4. The van der Waals surface area contributed by atoms with E-state index >= 15 is 4.39 Å². The maximum Gasteiger partial charge on any atom is 0.201 e. The lowest BCUT2D eigenvalue weighted by atomic mass is 9.76. The van der Waals surface area contributed by atoms with Gasteiger partial charge >= 0.3 is 0 Å². The molecule has 0 bridgehead atoms. The molecule has 2 aliphatic rings. The summed E-state index contributed by atoms with van der Waals surface area (Å²) < 4.78 is 50.4. The van der Waals surface area contributed by atoms with Gasteiger partial charge in [-0.25, -0.2) is 8.78 Å². The molecule has 0 spiro atoms. The van der Waals surface area contributed by atoms with Crippen LogP contribution in [-0.4, -0.2) is 0 Å². The SMILES string of the molecule is CCCCC1CCC(c2cc3c(c(F)c2F)Oc2c(ccc(CCC)c2F)C3)CC1. The van der Waals surface area contributed by atoms with Crippen LogP contribution in [0.3, 0.4) is 0 Å². The Hall–Kier alpha value is -1.97. The quantitative estimate of drug-likeness (QED) is 0.393. The van der Waals surface area contributed by atoms with E-state index in [2.05, 4.69) is 6.92 Å². The van der Waals surface area contributed by atoms with Gasteiger partial charge in [0, 0.05) is 17.5 Å². The maximum absolute atomic E-state index is 15.0. The standard InChI is InChI=1S/C26H31F3O/c1-3-5-7-16-8-10-17(11-9-16)21-15-20-14-19-13-12-18(6-4-2)22(27)25(19)30-26(20)24(29)23(21)28/h12-13,15-17H,3-11,14H2,1-2H3. The number of ether oxygens (including phenoxy) is 1. The Balaban J connectivity index is 1.59. The highest BCUT2D eigenvalue weighted by Crippen LogP contribution is 2.45. The minimum Gasteiger partial charge on any atom is -0.450 e. The molecule has 162 valence electrons. The minimum absolute atomic E-state index is 0.0488. The van der Waals surface area contributed by atoms with Crippen LogP contribution in [0.15, 0.2) is 18.2 Å². The molecule has 0 N–H and O–H groups in total. The van der Waals surface area contributed by atoms with Crippen LogP contribution in [0.25, 0.3) is 0 Å². The molecular formula is C26H31F3O. The Morgan fingerprint density at radius 3 is 2.30 bits per heavy atom. The molecule has 0 aromatic heterocycles. The molecule has 1 fully saturated rings. The zero-order chi connectivity index (χ0) is 21.3. The molecule has 1 heterocycles. The molecule has 2 aromatic carbocycles. The van der Waals surface area contributed by atoms with Crippen LogP contribution in [0.2, 0.25) is 0 Å². The summed E-state index contributed by atoms with van der Waals surface area (Å²) in [5, 5.41) is 0. The lowest BCUT2D eigenvalue weighted by Gasteiger charge is -2.30. The highest BCUT2D eigenvalue weighted by Gasteiger charge is 2.31. The third-order valence-corrected chi connectivity index (χ3v) is 6.88. The summed E-state index contributed by atoms with van der Waals surface area (Å²) in [5.41, 5.74) is 2.33. The average Bonchev–Trinajstić information content (AvgIpc) is 2.76. The molecule has 1 saturated carbocycles. The fourth-order valence-corrected chi connectivity index (χ4v) is 5.13. The molecule has 0 saturated heterocycles. The van der Waals surface area contributed by atoms with E-state index in [-0.39, 0.29) is 17.4 Å². The van der Waals surface area contributed by atoms with Crippen molar-refractivity contribution in [3.63, 3.8) is 0 Å². The first-order valence-corrected chi connectivity index (χ1v) is 11.5. The number of halogens is 3. The first-order chi connectivity index (χ1) is 14.5. The molecule has 0 atom stereocenters. The second kappa shape index (κ2) is 9.03. The highest BCUT2D eigenvalue weighted by molar-refractivity contribution is 5.54. The molecule has 1 nitrogen and oxygen atoms in total. The van der Waals surface area contributed by atoms with Gasteiger partial charge < -0.3 is 4.74 Å². The Kier molecular flexibility index (Phi) is 6.40. The van der Waals surface area contributed by atoms with Crippen LogP contribution in [0.4, 0.5) is 13.2 Å². The van der Waals surface area contributed by atoms with Gasteiger partial charge in [0.2, 0.25) is 5.82 Å². The van der Waals surface area contributed by atoms with E-state index in [0.29, 0.717) is 41.0 Å². The van der Waals surface area contributed by atoms with Crippen molar-refractivity contribution in [1.82, 2.24) is 0 Å². The molecule has 0 amide bonds. The van der Waals surface area contributed by atoms with Crippen molar-refractivity contribution in [1.29, 1.82) is 0 Å². The number of rotatable bonds is 6. The van der Waals surface area contributed by atoms with E-state index in [4.69, 9.17) is 4.74 Å². The first kappa shape index (κ1) is 21.3. The number of aryl methyl sites for hydroxylation is 1. The summed E-state index contributed by atoms with van der Waals surface area (Å²) in [6.07, 6.45) is 9.39. The second-order valence-corrected chi connectivity index (χ2v) is 9.00. The smallest absolute Gasteiger partial charge is 0.201 e. The first-order valence-electron chi connectivity index (χ1n) is 11.5. The topological polar surface area (TPSA) is 9.23 Å². The zero-order valence-electron chi connectivity index (χ0n) is 18.0. The van der Waals surface area contributed by atoms with Gasteiger partial charge in [-0.15, -0.1) is 0 Å². The lowest BCUT2D eigenvalue weighted by molar-refractivity contribution is 0.297. The highest BCUT2D eigenvalue weighted by atomic mass is 19.2. The number of unbranched alkanes of at least 4 members (excludes halogenated alkanes) is 1. The summed E-state index contributed by atoms with van der Waals surface area (Å²) in [7, 11) is 0. The van der Waals surface area contributed by atoms with Gasteiger partial charge in [-0.1, -0.05) is 51.7 Å². The monoisotopic (exact) mass is 416 g/mol. The number of benzene rings is 2. The summed E-state index contributed by atoms with van der Waals surface area (Å²) in [4.78, 5) is 0. The summed E-state index contributed by atoms with van der Waals surface area (Å²) in [6.45, 7) is 4.18. The van der Waals surface area contributed by atoms with Crippen LogP contribution in [0.5, 0.6) is 11.5 Å². The Bertz CT molecular complexity index is 913.